The second-order valence-corrected chi connectivity index (χ2v) is 6.28. The van der Waals surface area contributed by atoms with E-state index >= 15 is 0 Å². The highest BCUT2D eigenvalue weighted by Gasteiger charge is 2.24. The van der Waals surface area contributed by atoms with Crippen LogP contribution in [0.15, 0.2) is 24.3 Å². The first-order valence-electron chi connectivity index (χ1n) is 7.91. The van der Waals surface area contributed by atoms with Crippen LogP contribution in [0.4, 0.5) is 0 Å². The molecule has 0 aliphatic carbocycles. The molecule has 1 atom stereocenters. The van der Waals surface area contributed by atoms with Gasteiger partial charge in [-0.25, -0.2) is 0 Å². The number of nitrogens with zero attached hydrogens (tertiary/aromatic N) is 2. The number of Topliss-reactive ketones (excluding diaryl/α,β-unsaturated/α-hetero) is 1. The van der Waals surface area contributed by atoms with E-state index in [1.54, 1.807) is 0 Å². The highest BCUT2D eigenvalue weighted by atomic mass is 16.1. The first-order chi connectivity index (χ1) is 10.1. The summed E-state index contributed by atoms with van der Waals surface area (Å²) in [6.07, 6.45) is 3.72. The highest BCUT2D eigenvalue weighted by molar-refractivity contribution is 6.10. The Balaban J connectivity index is 1.93. The van der Waals surface area contributed by atoms with Gasteiger partial charge in [-0.15, -0.1) is 0 Å². The summed E-state index contributed by atoms with van der Waals surface area (Å²) < 4.78 is 2.13. The number of hydrogen-bond acceptors (Lipinski definition) is 2. The van der Waals surface area contributed by atoms with Crippen LogP contribution in [0.2, 0.25) is 0 Å². The van der Waals surface area contributed by atoms with Crippen molar-refractivity contribution < 1.29 is 4.79 Å². The molecule has 0 unspecified atom stereocenters. The maximum absolute atomic E-state index is 12.9. The van der Waals surface area contributed by atoms with Crippen molar-refractivity contribution in [3.05, 3.63) is 35.5 Å². The standard InChI is InChI=1S/C18H24N2O/c1-13-8-6-7-11-20(13)12-17(21)18-14(2)19(3)16-10-5-4-9-15(16)18/h4-5,9-10,13H,6-8,11-12H2,1-3H3/t13-/m1/s1. The molecule has 112 valence electrons. The SMILES string of the molecule is Cc1c(C(=O)CN2CCCC[C@H]2C)c2ccccc2n1C. The second-order valence-electron chi connectivity index (χ2n) is 6.28. The van der Waals surface area contributed by atoms with E-state index in [0.29, 0.717) is 12.6 Å². The lowest BCUT2D eigenvalue weighted by molar-refractivity contribution is 0.0861. The lowest BCUT2D eigenvalue weighted by Crippen LogP contribution is -2.40. The molecule has 21 heavy (non-hydrogen) atoms. The van der Waals surface area contributed by atoms with E-state index < -0.39 is 0 Å². The van der Waals surface area contributed by atoms with Crippen molar-refractivity contribution in [1.82, 2.24) is 9.47 Å². The minimum atomic E-state index is 0.262. The zero-order valence-electron chi connectivity index (χ0n) is 13.2. The molecule has 3 nitrogen and oxygen atoms in total. The average molecular weight is 284 g/mol. The highest BCUT2D eigenvalue weighted by Crippen LogP contribution is 2.26. The molecular weight excluding hydrogens is 260 g/mol. The second kappa shape index (κ2) is 5.64. The molecule has 1 aromatic heterocycles. The summed E-state index contributed by atoms with van der Waals surface area (Å²) in [5.41, 5.74) is 3.13. The molecule has 1 aliphatic heterocycles. The molecule has 0 spiro atoms. The van der Waals surface area contributed by atoms with E-state index in [1.165, 1.54) is 19.3 Å². The number of rotatable bonds is 3. The number of benzene rings is 1. The number of para-hydroxylation sites is 1. The maximum Gasteiger partial charge on any atom is 0.179 e. The van der Waals surface area contributed by atoms with Gasteiger partial charge in [-0.2, -0.15) is 0 Å². The number of fused-ring (bicyclic) bond motifs is 1. The first-order valence-corrected chi connectivity index (χ1v) is 7.91. The van der Waals surface area contributed by atoms with Gasteiger partial charge in [-0.05, 0) is 39.3 Å². The van der Waals surface area contributed by atoms with Crippen LogP contribution >= 0.6 is 0 Å². The van der Waals surface area contributed by atoms with Crippen molar-refractivity contribution in [2.75, 3.05) is 13.1 Å². The van der Waals surface area contributed by atoms with Crippen molar-refractivity contribution in [2.24, 2.45) is 7.05 Å². The molecule has 0 amide bonds. The van der Waals surface area contributed by atoms with Crippen LogP contribution in [0.25, 0.3) is 10.9 Å². The van der Waals surface area contributed by atoms with E-state index in [4.69, 9.17) is 0 Å². The fraction of sp³-hybridized carbons (Fsp3) is 0.500. The predicted octanol–water partition coefficient (Wildman–Crippen LogP) is 3.54. The number of piperidine rings is 1. The number of carbonyl (C=O) groups excluding carboxylic acids is 1. The minimum absolute atomic E-state index is 0.262. The molecule has 3 rings (SSSR count). The van der Waals surface area contributed by atoms with E-state index in [-0.39, 0.29) is 5.78 Å². The Morgan fingerprint density at radius 1 is 1.29 bits per heavy atom. The molecule has 3 heteroatoms. The van der Waals surface area contributed by atoms with Gasteiger partial charge in [0.25, 0.3) is 0 Å². The van der Waals surface area contributed by atoms with E-state index in [1.807, 2.05) is 26.1 Å². The summed E-state index contributed by atoms with van der Waals surface area (Å²) in [4.78, 5) is 15.2. The third kappa shape index (κ3) is 2.51. The topological polar surface area (TPSA) is 25.2 Å². The number of hydrogen-bond donors (Lipinski definition) is 0. The van der Waals surface area contributed by atoms with E-state index in [2.05, 4.69) is 28.5 Å². The lowest BCUT2D eigenvalue weighted by atomic mass is 10.0. The maximum atomic E-state index is 12.9. The smallest absolute Gasteiger partial charge is 0.179 e. The van der Waals surface area contributed by atoms with Gasteiger partial charge in [0, 0.05) is 35.2 Å². The van der Waals surface area contributed by atoms with Crippen LogP contribution in [-0.4, -0.2) is 34.4 Å². The third-order valence-electron chi connectivity index (χ3n) is 4.97. The third-order valence-corrected chi connectivity index (χ3v) is 4.97. The average Bonchev–Trinajstić information content (AvgIpc) is 2.74. The van der Waals surface area contributed by atoms with E-state index in [0.717, 1.165) is 28.7 Å². The summed E-state index contributed by atoms with van der Waals surface area (Å²) in [5, 5.41) is 1.09. The Hall–Kier alpha value is -1.61. The quantitative estimate of drug-likeness (QED) is 0.805. The Morgan fingerprint density at radius 2 is 2.05 bits per heavy atom. The van der Waals surface area contributed by atoms with Crippen molar-refractivity contribution in [2.45, 2.75) is 39.2 Å². The molecule has 1 fully saturated rings. The zero-order valence-corrected chi connectivity index (χ0v) is 13.2. The van der Waals surface area contributed by atoms with Gasteiger partial charge >= 0.3 is 0 Å². The van der Waals surface area contributed by atoms with Gasteiger partial charge in [-0.3, -0.25) is 9.69 Å². The number of ketones is 1. The molecule has 1 saturated heterocycles. The van der Waals surface area contributed by atoms with Gasteiger partial charge < -0.3 is 4.57 Å². The van der Waals surface area contributed by atoms with Gasteiger partial charge in [0.15, 0.2) is 5.78 Å². The van der Waals surface area contributed by atoms with Crippen molar-refractivity contribution >= 4 is 16.7 Å². The summed E-state index contributed by atoms with van der Waals surface area (Å²) in [6, 6.07) is 8.72. The Morgan fingerprint density at radius 3 is 2.81 bits per heavy atom. The molecule has 0 saturated carbocycles. The minimum Gasteiger partial charge on any atom is -0.347 e. The monoisotopic (exact) mass is 284 g/mol. The summed E-state index contributed by atoms with van der Waals surface area (Å²) >= 11 is 0. The normalized spacial score (nSPS) is 20.0. The van der Waals surface area contributed by atoms with Crippen LogP contribution in [0.1, 0.15) is 42.2 Å². The van der Waals surface area contributed by atoms with Gasteiger partial charge in [0.2, 0.25) is 0 Å². The molecule has 1 aliphatic rings. The van der Waals surface area contributed by atoms with Crippen LogP contribution in [0.5, 0.6) is 0 Å². The number of likely N-dealkylation sites (tertiary alicyclic amines) is 1. The Labute approximate surface area is 126 Å². The zero-order chi connectivity index (χ0) is 15.0. The van der Waals surface area contributed by atoms with Gasteiger partial charge in [0.1, 0.15) is 0 Å². The van der Waals surface area contributed by atoms with Crippen LogP contribution < -0.4 is 0 Å². The fourth-order valence-corrected chi connectivity index (χ4v) is 3.53. The Kier molecular flexibility index (Phi) is 3.85. The molecule has 0 bridgehead atoms. The molecule has 0 radical (unpaired) electrons. The van der Waals surface area contributed by atoms with Crippen LogP contribution in [-0.2, 0) is 7.05 Å². The Bertz CT molecular complexity index is 671. The molecule has 1 aromatic carbocycles. The summed E-state index contributed by atoms with van der Waals surface area (Å²) in [6.45, 7) is 5.89. The predicted molar refractivity (Wildman–Crippen MR) is 86.9 cm³/mol. The molecule has 0 N–H and O–H groups in total. The summed E-state index contributed by atoms with van der Waals surface area (Å²) in [5.74, 6) is 0.262. The molecule has 2 aromatic rings. The van der Waals surface area contributed by atoms with Crippen molar-refractivity contribution in [3.8, 4) is 0 Å². The largest absolute Gasteiger partial charge is 0.347 e. The van der Waals surface area contributed by atoms with Crippen LogP contribution in [0, 0.1) is 6.92 Å². The number of carbonyl (C=O) groups is 1. The van der Waals surface area contributed by atoms with Gasteiger partial charge in [-0.1, -0.05) is 24.6 Å². The molecule has 2 heterocycles. The molecular formula is C18H24N2O. The van der Waals surface area contributed by atoms with Crippen molar-refractivity contribution in [1.29, 1.82) is 0 Å². The fourth-order valence-electron chi connectivity index (χ4n) is 3.53. The number of aryl methyl sites for hydroxylation is 1. The lowest BCUT2D eigenvalue weighted by Gasteiger charge is -2.32. The first kappa shape index (κ1) is 14.3. The summed E-state index contributed by atoms with van der Waals surface area (Å²) in [7, 11) is 2.04. The number of aromatic nitrogens is 1. The van der Waals surface area contributed by atoms with Crippen molar-refractivity contribution in [3.63, 3.8) is 0 Å². The van der Waals surface area contributed by atoms with Crippen LogP contribution in [0.3, 0.4) is 0 Å². The van der Waals surface area contributed by atoms with Gasteiger partial charge in [0.05, 0.1) is 6.54 Å². The van der Waals surface area contributed by atoms with E-state index in [9.17, 15) is 4.79 Å².